The second-order valence-corrected chi connectivity index (χ2v) is 9.19. The number of nitrogens with zero attached hydrogens (tertiary/aromatic N) is 2. The Labute approximate surface area is 169 Å². The fourth-order valence-electron chi connectivity index (χ4n) is 3.39. The summed E-state index contributed by atoms with van der Waals surface area (Å²) in [7, 11) is -3.25. The van der Waals surface area contributed by atoms with Gasteiger partial charge in [-0.1, -0.05) is 6.07 Å². The van der Waals surface area contributed by atoms with Gasteiger partial charge in [-0.05, 0) is 42.0 Å². The zero-order valence-electron chi connectivity index (χ0n) is 16.1. The maximum Gasteiger partial charge on any atom is 0.321 e. The summed E-state index contributed by atoms with van der Waals surface area (Å²) in [5.74, 6) is 1.56. The third-order valence-corrected chi connectivity index (χ3v) is 6.16. The van der Waals surface area contributed by atoms with E-state index in [1.807, 2.05) is 18.2 Å². The van der Waals surface area contributed by atoms with Crippen LogP contribution in [-0.2, 0) is 16.4 Å². The minimum absolute atomic E-state index is 0.181. The standard InChI is InChI=1S/C20H23N3O5S/c1-29(25,26)17-5-3-16(4-6-17)21-20(24)23-10-8-22(9-11-23)13-15-2-7-18-19(12-15)28-14-27-18/h2-7,12H,8-11,13-14H2,1H3,(H,21,24). The average Bonchev–Trinajstić information content (AvgIpc) is 3.16. The van der Waals surface area contributed by atoms with Gasteiger partial charge >= 0.3 is 6.03 Å². The van der Waals surface area contributed by atoms with Crippen LogP contribution in [0.25, 0.3) is 0 Å². The van der Waals surface area contributed by atoms with Crippen LogP contribution in [0, 0.1) is 0 Å². The normalized spacial score (nSPS) is 16.7. The van der Waals surface area contributed by atoms with Crippen LogP contribution in [0.1, 0.15) is 5.56 Å². The number of carbonyl (C=O) groups excluding carboxylic acids is 1. The number of hydrogen-bond acceptors (Lipinski definition) is 6. The van der Waals surface area contributed by atoms with Gasteiger partial charge in [-0.15, -0.1) is 0 Å². The molecule has 0 spiro atoms. The number of piperazine rings is 1. The van der Waals surface area contributed by atoms with E-state index in [4.69, 9.17) is 9.47 Å². The molecule has 154 valence electrons. The maximum absolute atomic E-state index is 12.5. The van der Waals surface area contributed by atoms with Gasteiger partial charge in [0.05, 0.1) is 4.90 Å². The van der Waals surface area contributed by atoms with Gasteiger partial charge in [0.1, 0.15) is 0 Å². The molecule has 29 heavy (non-hydrogen) atoms. The first-order chi connectivity index (χ1) is 13.9. The lowest BCUT2D eigenvalue weighted by Crippen LogP contribution is -2.49. The molecule has 0 unspecified atom stereocenters. The quantitative estimate of drug-likeness (QED) is 0.820. The van der Waals surface area contributed by atoms with E-state index in [1.54, 1.807) is 17.0 Å². The van der Waals surface area contributed by atoms with E-state index in [-0.39, 0.29) is 17.7 Å². The van der Waals surface area contributed by atoms with Crippen molar-refractivity contribution in [3.8, 4) is 11.5 Å². The molecule has 8 nitrogen and oxygen atoms in total. The van der Waals surface area contributed by atoms with Gasteiger partial charge in [0, 0.05) is 44.7 Å². The molecule has 2 heterocycles. The van der Waals surface area contributed by atoms with Crippen molar-refractivity contribution < 1.29 is 22.7 Å². The lowest BCUT2D eigenvalue weighted by atomic mass is 10.1. The van der Waals surface area contributed by atoms with Gasteiger partial charge < -0.3 is 19.7 Å². The van der Waals surface area contributed by atoms with Gasteiger partial charge in [-0.3, -0.25) is 4.90 Å². The number of anilines is 1. The van der Waals surface area contributed by atoms with Crippen LogP contribution in [0.15, 0.2) is 47.4 Å². The minimum Gasteiger partial charge on any atom is -0.454 e. The molecule has 1 fully saturated rings. The molecule has 0 bridgehead atoms. The summed E-state index contributed by atoms with van der Waals surface area (Å²) in [6, 6.07) is 12.0. The van der Waals surface area contributed by atoms with Crippen molar-refractivity contribution in [1.29, 1.82) is 0 Å². The summed E-state index contributed by atoms with van der Waals surface area (Å²) < 4.78 is 33.8. The number of ether oxygens (including phenoxy) is 2. The number of benzene rings is 2. The SMILES string of the molecule is CS(=O)(=O)c1ccc(NC(=O)N2CCN(Cc3ccc4c(c3)OCO4)CC2)cc1. The van der Waals surface area contributed by atoms with Gasteiger partial charge in [-0.2, -0.15) is 0 Å². The fraction of sp³-hybridized carbons (Fsp3) is 0.350. The molecule has 1 N–H and O–H groups in total. The van der Waals surface area contributed by atoms with Crippen LogP contribution < -0.4 is 14.8 Å². The number of sulfone groups is 1. The lowest BCUT2D eigenvalue weighted by Gasteiger charge is -2.34. The Bertz CT molecular complexity index is 999. The van der Waals surface area contributed by atoms with Crippen molar-refractivity contribution in [3.63, 3.8) is 0 Å². The molecular weight excluding hydrogens is 394 g/mol. The molecule has 1 saturated heterocycles. The predicted octanol–water partition coefficient (Wildman–Crippen LogP) is 2.17. The molecule has 9 heteroatoms. The smallest absolute Gasteiger partial charge is 0.321 e. The topological polar surface area (TPSA) is 88.2 Å². The highest BCUT2D eigenvalue weighted by molar-refractivity contribution is 7.90. The summed E-state index contributed by atoms with van der Waals surface area (Å²) in [5.41, 5.74) is 1.73. The highest BCUT2D eigenvalue weighted by atomic mass is 32.2. The fourth-order valence-corrected chi connectivity index (χ4v) is 4.03. The number of nitrogens with one attached hydrogen (secondary N) is 1. The maximum atomic E-state index is 12.5. The average molecular weight is 417 g/mol. The number of rotatable bonds is 4. The molecule has 2 aliphatic heterocycles. The second kappa shape index (κ2) is 7.92. The van der Waals surface area contributed by atoms with E-state index in [1.165, 1.54) is 12.1 Å². The number of hydrogen-bond donors (Lipinski definition) is 1. The van der Waals surface area contributed by atoms with Crippen molar-refractivity contribution in [2.45, 2.75) is 11.4 Å². The number of urea groups is 1. The van der Waals surface area contributed by atoms with E-state index in [0.717, 1.165) is 43.0 Å². The minimum atomic E-state index is -3.25. The van der Waals surface area contributed by atoms with E-state index in [9.17, 15) is 13.2 Å². The Morgan fingerprint density at radius 2 is 1.69 bits per heavy atom. The van der Waals surface area contributed by atoms with Crippen molar-refractivity contribution in [2.75, 3.05) is 44.5 Å². The van der Waals surface area contributed by atoms with Crippen molar-refractivity contribution in [3.05, 3.63) is 48.0 Å². The third kappa shape index (κ3) is 4.63. The summed E-state index contributed by atoms with van der Waals surface area (Å²) in [6.45, 7) is 3.85. The third-order valence-electron chi connectivity index (χ3n) is 5.04. The molecule has 4 rings (SSSR count). The molecule has 2 aliphatic rings. The van der Waals surface area contributed by atoms with E-state index in [0.29, 0.717) is 18.8 Å². The molecule has 2 aromatic rings. The zero-order chi connectivity index (χ0) is 20.4. The van der Waals surface area contributed by atoms with Crippen LogP contribution >= 0.6 is 0 Å². The van der Waals surface area contributed by atoms with Crippen molar-refractivity contribution >= 4 is 21.6 Å². The van der Waals surface area contributed by atoms with E-state index >= 15 is 0 Å². The molecule has 0 aromatic heterocycles. The van der Waals surface area contributed by atoms with Crippen molar-refractivity contribution in [2.24, 2.45) is 0 Å². The Kier molecular flexibility index (Phi) is 5.33. The first-order valence-corrected chi connectivity index (χ1v) is 11.2. The number of carbonyl (C=O) groups is 1. The molecule has 0 saturated carbocycles. The molecular formula is C20H23N3O5S. The lowest BCUT2D eigenvalue weighted by molar-refractivity contribution is 0.143. The first-order valence-electron chi connectivity index (χ1n) is 9.35. The summed E-state index contributed by atoms with van der Waals surface area (Å²) in [5, 5.41) is 2.83. The highest BCUT2D eigenvalue weighted by Gasteiger charge is 2.22. The monoisotopic (exact) mass is 417 g/mol. The summed E-state index contributed by atoms with van der Waals surface area (Å²) in [4.78, 5) is 16.8. The van der Waals surface area contributed by atoms with E-state index in [2.05, 4.69) is 10.2 Å². The molecule has 0 aliphatic carbocycles. The Morgan fingerprint density at radius 1 is 1.00 bits per heavy atom. The number of amides is 2. The van der Waals surface area contributed by atoms with Gasteiger partial charge in [-0.25, -0.2) is 13.2 Å². The second-order valence-electron chi connectivity index (χ2n) is 7.18. The highest BCUT2D eigenvalue weighted by Crippen LogP contribution is 2.32. The van der Waals surface area contributed by atoms with Crippen LogP contribution in [-0.4, -0.2) is 63.5 Å². The van der Waals surface area contributed by atoms with Gasteiger partial charge in [0.2, 0.25) is 6.79 Å². The van der Waals surface area contributed by atoms with Crippen LogP contribution in [0.3, 0.4) is 0 Å². The van der Waals surface area contributed by atoms with Gasteiger partial charge in [0.15, 0.2) is 21.3 Å². The van der Waals surface area contributed by atoms with Gasteiger partial charge in [0.25, 0.3) is 0 Å². The first kappa shape index (κ1) is 19.5. The van der Waals surface area contributed by atoms with Crippen molar-refractivity contribution in [1.82, 2.24) is 9.80 Å². The Morgan fingerprint density at radius 3 is 2.38 bits per heavy atom. The largest absolute Gasteiger partial charge is 0.454 e. The zero-order valence-corrected chi connectivity index (χ0v) is 16.9. The predicted molar refractivity (Wildman–Crippen MR) is 108 cm³/mol. The van der Waals surface area contributed by atoms with Crippen LogP contribution in [0.5, 0.6) is 11.5 Å². The Hall–Kier alpha value is -2.78. The number of fused-ring (bicyclic) bond motifs is 1. The van der Waals surface area contributed by atoms with Crippen LogP contribution in [0.2, 0.25) is 0 Å². The summed E-state index contributed by atoms with van der Waals surface area (Å²) >= 11 is 0. The molecule has 0 radical (unpaired) electrons. The molecule has 2 aromatic carbocycles. The molecule has 0 atom stereocenters. The summed E-state index contributed by atoms with van der Waals surface area (Å²) in [6.07, 6.45) is 1.16. The van der Waals surface area contributed by atoms with Crippen LogP contribution in [0.4, 0.5) is 10.5 Å². The Balaban J connectivity index is 1.28. The molecule has 2 amide bonds. The van der Waals surface area contributed by atoms with E-state index < -0.39 is 9.84 Å².